The van der Waals surface area contributed by atoms with Gasteiger partial charge in [-0.15, -0.1) is 0 Å². The first-order valence-corrected chi connectivity index (χ1v) is 12.6. The number of fused-ring (bicyclic) bond motifs is 1. The molecule has 2 N–H and O–H groups in total. The van der Waals surface area contributed by atoms with Gasteiger partial charge in [-0.2, -0.15) is 0 Å². The van der Waals surface area contributed by atoms with Gasteiger partial charge in [-0.1, -0.05) is 44.6 Å². The van der Waals surface area contributed by atoms with Crippen LogP contribution in [-0.4, -0.2) is 54.4 Å². The number of alkyl halides is 1. The molecule has 9 unspecified atom stereocenters. The van der Waals surface area contributed by atoms with Gasteiger partial charge in [0.05, 0.1) is 0 Å². The Morgan fingerprint density at radius 3 is 2.84 bits per heavy atom. The van der Waals surface area contributed by atoms with Crippen LogP contribution in [0.25, 0.3) is 0 Å². The summed E-state index contributed by atoms with van der Waals surface area (Å²) in [6.07, 6.45) is 11.7. The fourth-order valence-corrected chi connectivity index (χ4v) is 6.77. The maximum Gasteiger partial charge on any atom is 0.183 e. The molecule has 31 heavy (non-hydrogen) atoms. The lowest BCUT2D eigenvalue weighted by atomic mass is 9.63. The minimum absolute atomic E-state index is 0.0884. The smallest absolute Gasteiger partial charge is 0.183 e. The van der Waals surface area contributed by atoms with Crippen molar-refractivity contribution in [3.63, 3.8) is 0 Å². The molecule has 2 fully saturated rings. The van der Waals surface area contributed by atoms with Crippen LogP contribution in [0.3, 0.4) is 0 Å². The minimum atomic E-state index is -0.797. The fraction of sp³-hybridized carbons (Fsp3) is 0.846. The normalized spacial score (nSPS) is 45.1. The molecule has 4 rings (SSSR count). The van der Waals surface area contributed by atoms with Gasteiger partial charge in [0.25, 0.3) is 0 Å². The maximum absolute atomic E-state index is 14.2. The third kappa shape index (κ3) is 4.80. The van der Waals surface area contributed by atoms with Crippen molar-refractivity contribution >= 4 is 0 Å². The first kappa shape index (κ1) is 23.4. The molecule has 4 nitrogen and oxygen atoms in total. The Balaban J connectivity index is 1.59. The largest absolute Gasteiger partial charge is 0.366 e. The van der Waals surface area contributed by atoms with E-state index in [4.69, 9.17) is 4.74 Å². The summed E-state index contributed by atoms with van der Waals surface area (Å²) in [5, 5.41) is 14.1. The molecule has 0 aromatic heterocycles. The van der Waals surface area contributed by atoms with Crippen molar-refractivity contribution in [3.8, 4) is 0 Å². The van der Waals surface area contributed by atoms with E-state index in [1.54, 1.807) is 5.57 Å². The van der Waals surface area contributed by atoms with Crippen molar-refractivity contribution in [1.29, 1.82) is 0 Å². The van der Waals surface area contributed by atoms with Crippen LogP contribution in [0.15, 0.2) is 23.8 Å². The Labute approximate surface area is 188 Å². The van der Waals surface area contributed by atoms with Crippen LogP contribution in [0.2, 0.25) is 0 Å². The number of halogens is 1. The molecule has 2 aliphatic heterocycles. The molecule has 0 radical (unpaired) electrons. The number of hydrogen-bond donors (Lipinski definition) is 2. The molecule has 4 aliphatic rings. The van der Waals surface area contributed by atoms with Gasteiger partial charge in [0, 0.05) is 31.2 Å². The summed E-state index contributed by atoms with van der Waals surface area (Å²) >= 11 is 0. The highest BCUT2D eigenvalue weighted by Crippen LogP contribution is 2.50. The van der Waals surface area contributed by atoms with E-state index in [1.807, 2.05) is 13.0 Å². The molecule has 2 heterocycles. The van der Waals surface area contributed by atoms with E-state index in [1.165, 1.54) is 19.3 Å². The summed E-state index contributed by atoms with van der Waals surface area (Å²) in [5.74, 6) is 1.74. The minimum Gasteiger partial charge on any atom is -0.366 e. The second kappa shape index (κ2) is 9.62. The number of aliphatic hydroxyl groups excluding tert-OH is 1. The maximum atomic E-state index is 14.2. The topological polar surface area (TPSA) is 44.7 Å². The zero-order valence-electron chi connectivity index (χ0n) is 19.9. The van der Waals surface area contributed by atoms with Crippen molar-refractivity contribution in [2.75, 3.05) is 19.7 Å². The van der Waals surface area contributed by atoms with Crippen LogP contribution in [-0.2, 0) is 4.74 Å². The number of aliphatic hydroxyl groups is 1. The Morgan fingerprint density at radius 1 is 1.29 bits per heavy atom. The lowest BCUT2D eigenvalue weighted by molar-refractivity contribution is -0.148. The first-order chi connectivity index (χ1) is 14.8. The summed E-state index contributed by atoms with van der Waals surface area (Å²) in [7, 11) is 0. The van der Waals surface area contributed by atoms with Crippen LogP contribution in [0.5, 0.6) is 0 Å². The number of piperidine rings is 1. The van der Waals surface area contributed by atoms with Crippen molar-refractivity contribution in [2.24, 2.45) is 29.1 Å². The SMILES string of the molecule is CCOC(O)C1NCC2CCC(C)(C3=CCCC(C)CC3C3C=CC(F)C(C)C3)CN21. The van der Waals surface area contributed by atoms with Crippen molar-refractivity contribution < 1.29 is 14.2 Å². The highest BCUT2D eigenvalue weighted by molar-refractivity contribution is 5.24. The molecule has 0 aromatic carbocycles. The lowest BCUT2D eigenvalue weighted by Gasteiger charge is -2.48. The van der Waals surface area contributed by atoms with Gasteiger partial charge in [-0.05, 0) is 69.1 Å². The Morgan fingerprint density at radius 2 is 2.10 bits per heavy atom. The number of ether oxygens (including phenoxy) is 1. The molecular formula is C26H43FN2O2. The molecule has 0 aromatic rings. The van der Waals surface area contributed by atoms with Crippen LogP contribution in [0, 0.1) is 29.1 Å². The van der Waals surface area contributed by atoms with Gasteiger partial charge >= 0.3 is 0 Å². The average molecular weight is 435 g/mol. The van der Waals surface area contributed by atoms with Crippen molar-refractivity contribution in [1.82, 2.24) is 10.2 Å². The Kier molecular flexibility index (Phi) is 7.27. The molecule has 5 heteroatoms. The predicted octanol–water partition coefficient (Wildman–Crippen LogP) is 4.65. The zero-order valence-corrected chi connectivity index (χ0v) is 19.9. The van der Waals surface area contributed by atoms with Crippen LogP contribution in [0.4, 0.5) is 4.39 Å². The van der Waals surface area contributed by atoms with E-state index >= 15 is 0 Å². The molecule has 0 bridgehead atoms. The van der Waals surface area contributed by atoms with Crippen LogP contribution >= 0.6 is 0 Å². The first-order valence-electron chi connectivity index (χ1n) is 12.6. The van der Waals surface area contributed by atoms with E-state index in [9.17, 15) is 9.50 Å². The lowest BCUT2D eigenvalue weighted by Crippen LogP contribution is -2.55. The van der Waals surface area contributed by atoms with E-state index in [0.29, 0.717) is 30.4 Å². The summed E-state index contributed by atoms with van der Waals surface area (Å²) < 4.78 is 19.7. The molecule has 0 amide bonds. The molecule has 2 aliphatic carbocycles. The van der Waals surface area contributed by atoms with E-state index in [-0.39, 0.29) is 17.5 Å². The molecule has 0 saturated carbocycles. The van der Waals surface area contributed by atoms with E-state index < -0.39 is 12.5 Å². The highest BCUT2D eigenvalue weighted by atomic mass is 19.1. The molecule has 176 valence electrons. The standard InChI is InChI=1S/C26H43FN2O2/c1-5-31-25(30)24-28-15-20-11-12-26(4,16-29(20)24)22-8-6-7-17(2)13-21(22)19-9-10-23(27)18(3)14-19/h8-10,17-21,23-25,28,30H,5-7,11-16H2,1-4H3. The van der Waals surface area contributed by atoms with Crippen molar-refractivity contribution in [2.45, 2.75) is 90.9 Å². The van der Waals surface area contributed by atoms with Gasteiger partial charge in [0.1, 0.15) is 12.3 Å². The van der Waals surface area contributed by atoms with E-state index in [0.717, 1.165) is 32.4 Å². The quantitative estimate of drug-likeness (QED) is 0.488. The summed E-state index contributed by atoms with van der Waals surface area (Å²) in [5.41, 5.74) is 1.69. The fourth-order valence-electron chi connectivity index (χ4n) is 6.77. The predicted molar refractivity (Wildman–Crippen MR) is 123 cm³/mol. The number of rotatable bonds is 5. The van der Waals surface area contributed by atoms with Gasteiger partial charge in [0.2, 0.25) is 0 Å². The van der Waals surface area contributed by atoms with Gasteiger partial charge < -0.3 is 9.84 Å². The second-order valence-electron chi connectivity index (χ2n) is 11.0. The van der Waals surface area contributed by atoms with Crippen molar-refractivity contribution in [3.05, 3.63) is 23.8 Å². The third-order valence-electron chi connectivity index (χ3n) is 8.58. The zero-order chi connectivity index (χ0) is 22.2. The summed E-state index contributed by atoms with van der Waals surface area (Å²) in [6.45, 7) is 11.2. The van der Waals surface area contributed by atoms with Gasteiger partial charge in [-0.25, -0.2) is 4.39 Å². The Hall–Kier alpha value is -0.750. The molecule has 0 spiro atoms. The van der Waals surface area contributed by atoms with Crippen LogP contribution in [0.1, 0.15) is 66.2 Å². The molecule has 9 atom stereocenters. The number of allylic oxidation sites excluding steroid dienone is 3. The summed E-state index contributed by atoms with van der Waals surface area (Å²) in [4.78, 5) is 2.47. The monoisotopic (exact) mass is 434 g/mol. The summed E-state index contributed by atoms with van der Waals surface area (Å²) in [6, 6.07) is 0.471. The molecule has 2 saturated heterocycles. The van der Waals surface area contributed by atoms with E-state index in [2.05, 4.69) is 43.1 Å². The highest BCUT2D eigenvalue weighted by Gasteiger charge is 2.48. The third-order valence-corrected chi connectivity index (χ3v) is 8.58. The number of nitrogens with one attached hydrogen (secondary N) is 1. The van der Waals surface area contributed by atoms with Gasteiger partial charge in [-0.3, -0.25) is 10.2 Å². The molecular weight excluding hydrogens is 391 g/mol. The van der Waals surface area contributed by atoms with Crippen LogP contribution < -0.4 is 5.32 Å². The van der Waals surface area contributed by atoms with Gasteiger partial charge in [0.15, 0.2) is 6.29 Å². The Bertz CT molecular complexity index is 682. The second-order valence-corrected chi connectivity index (χ2v) is 11.0. The number of nitrogens with zero attached hydrogens (tertiary/aromatic N) is 1. The number of hydrogen-bond acceptors (Lipinski definition) is 4. The average Bonchev–Trinajstić information content (AvgIpc) is 3.03.